The Bertz CT molecular complexity index is 516. The quantitative estimate of drug-likeness (QED) is 0.620. The smallest absolute Gasteiger partial charge is 0.191 e. The third-order valence-electron chi connectivity index (χ3n) is 4.57. The highest BCUT2D eigenvalue weighted by Gasteiger charge is 2.16. The largest absolute Gasteiger partial charge is 0.357 e. The van der Waals surface area contributed by atoms with Crippen LogP contribution in [-0.2, 0) is 13.1 Å². The lowest BCUT2D eigenvalue weighted by atomic mass is 9.98. The summed E-state index contributed by atoms with van der Waals surface area (Å²) < 4.78 is 0. The molecule has 1 aliphatic rings. The van der Waals surface area contributed by atoms with Crippen LogP contribution in [0, 0.1) is 5.92 Å². The van der Waals surface area contributed by atoms with E-state index in [1.807, 2.05) is 0 Å². The SMILES string of the molecule is CCNC(=NCc1ccccc1CN1CCC(C)CC1)NC(C)C. The second-order valence-electron chi connectivity index (χ2n) is 7.22. The van der Waals surface area contributed by atoms with E-state index in [2.05, 4.69) is 67.5 Å². The van der Waals surface area contributed by atoms with Gasteiger partial charge in [-0.05, 0) is 63.7 Å². The van der Waals surface area contributed by atoms with E-state index in [-0.39, 0.29) is 0 Å². The van der Waals surface area contributed by atoms with Gasteiger partial charge in [0.15, 0.2) is 5.96 Å². The molecule has 24 heavy (non-hydrogen) atoms. The first-order valence-corrected chi connectivity index (χ1v) is 9.42. The van der Waals surface area contributed by atoms with Crippen LogP contribution >= 0.6 is 0 Å². The molecule has 0 spiro atoms. The van der Waals surface area contributed by atoms with Crippen LogP contribution in [0.2, 0.25) is 0 Å². The summed E-state index contributed by atoms with van der Waals surface area (Å²) in [6.45, 7) is 13.8. The van der Waals surface area contributed by atoms with Gasteiger partial charge in [0.05, 0.1) is 6.54 Å². The van der Waals surface area contributed by atoms with Gasteiger partial charge in [0, 0.05) is 19.1 Å². The maximum atomic E-state index is 4.77. The van der Waals surface area contributed by atoms with Gasteiger partial charge >= 0.3 is 0 Å². The molecule has 4 nitrogen and oxygen atoms in total. The molecule has 1 aliphatic heterocycles. The molecule has 2 rings (SSSR count). The van der Waals surface area contributed by atoms with Gasteiger partial charge in [-0.25, -0.2) is 4.99 Å². The highest BCUT2D eigenvalue weighted by atomic mass is 15.2. The zero-order chi connectivity index (χ0) is 17.4. The Morgan fingerprint density at radius 1 is 1.21 bits per heavy atom. The second kappa shape index (κ2) is 9.67. The fraction of sp³-hybridized carbons (Fsp3) is 0.650. The first kappa shape index (κ1) is 18.8. The van der Waals surface area contributed by atoms with Crippen molar-refractivity contribution in [2.75, 3.05) is 19.6 Å². The summed E-state index contributed by atoms with van der Waals surface area (Å²) in [5, 5.41) is 6.70. The molecule has 0 saturated carbocycles. The lowest BCUT2D eigenvalue weighted by Gasteiger charge is -2.30. The normalized spacial score (nSPS) is 17.3. The topological polar surface area (TPSA) is 39.7 Å². The molecule has 0 aliphatic carbocycles. The van der Waals surface area contributed by atoms with Gasteiger partial charge < -0.3 is 10.6 Å². The fourth-order valence-corrected chi connectivity index (χ4v) is 3.08. The van der Waals surface area contributed by atoms with E-state index in [1.54, 1.807) is 0 Å². The molecule has 0 bridgehead atoms. The van der Waals surface area contributed by atoms with Crippen molar-refractivity contribution in [3.63, 3.8) is 0 Å². The van der Waals surface area contributed by atoms with Crippen molar-refractivity contribution in [3.8, 4) is 0 Å². The van der Waals surface area contributed by atoms with Crippen LogP contribution in [0.1, 0.15) is 51.7 Å². The van der Waals surface area contributed by atoms with Gasteiger partial charge in [0.1, 0.15) is 0 Å². The molecular formula is C20H34N4. The maximum Gasteiger partial charge on any atom is 0.191 e. The highest BCUT2D eigenvalue weighted by Crippen LogP contribution is 2.20. The van der Waals surface area contributed by atoms with Gasteiger partial charge in [-0.3, -0.25) is 4.90 Å². The molecule has 0 radical (unpaired) electrons. The number of nitrogens with one attached hydrogen (secondary N) is 2. The van der Waals surface area contributed by atoms with E-state index >= 15 is 0 Å². The number of benzene rings is 1. The average Bonchev–Trinajstić information content (AvgIpc) is 2.55. The van der Waals surface area contributed by atoms with Crippen LogP contribution in [0.15, 0.2) is 29.3 Å². The van der Waals surface area contributed by atoms with E-state index < -0.39 is 0 Å². The molecule has 0 amide bonds. The number of aliphatic imine (C=N–C) groups is 1. The predicted octanol–water partition coefficient (Wildman–Crippen LogP) is 3.38. The van der Waals surface area contributed by atoms with Crippen molar-refractivity contribution in [3.05, 3.63) is 35.4 Å². The van der Waals surface area contributed by atoms with Crippen molar-refractivity contribution in [2.24, 2.45) is 10.9 Å². The summed E-state index contributed by atoms with van der Waals surface area (Å²) in [6, 6.07) is 9.12. The molecule has 0 unspecified atom stereocenters. The third kappa shape index (κ3) is 6.16. The van der Waals surface area contributed by atoms with Gasteiger partial charge in [-0.15, -0.1) is 0 Å². The fourth-order valence-electron chi connectivity index (χ4n) is 3.08. The third-order valence-corrected chi connectivity index (χ3v) is 4.57. The predicted molar refractivity (Wildman–Crippen MR) is 103 cm³/mol. The van der Waals surface area contributed by atoms with Crippen molar-refractivity contribution in [2.45, 2.75) is 59.7 Å². The van der Waals surface area contributed by atoms with E-state index in [4.69, 9.17) is 4.99 Å². The minimum atomic E-state index is 0.383. The Labute approximate surface area is 147 Å². The number of piperidine rings is 1. The van der Waals surface area contributed by atoms with E-state index in [0.29, 0.717) is 6.04 Å². The molecule has 1 fully saturated rings. The lowest BCUT2D eigenvalue weighted by molar-refractivity contribution is 0.185. The summed E-state index contributed by atoms with van der Waals surface area (Å²) >= 11 is 0. The van der Waals surface area contributed by atoms with Gasteiger partial charge in [0.2, 0.25) is 0 Å². The van der Waals surface area contributed by atoms with E-state index in [1.165, 1.54) is 37.1 Å². The zero-order valence-corrected chi connectivity index (χ0v) is 15.8. The first-order chi connectivity index (χ1) is 11.6. The first-order valence-electron chi connectivity index (χ1n) is 9.42. The number of hydrogen-bond acceptors (Lipinski definition) is 2. The van der Waals surface area contributed by atoms with Crippen molar-refractivity contribution >= 4 is 5.96 Å². The summed E-state index contributed by atoms with van der Waals surface area (Å²) in [7, 11) is 0. The molecule has 1 aromatic rings. The van der Waals surface area contributed by atoms with Crippen LogP contribution in [0.4, 0.5) is 0 Å². The number of likely N-dealkylation sites (tertiary alicyclic amines) is 1. The molecule has 4 heteroatoms. The van der Waals surface area contributed by atoms with Gasteiger partial charge in [0.25, 0.3) is 0 Å². The van der Waals surface area contributed by atoms with Crippen molar-refractivity contribution in [1.29, 1.82) is 0 Å². The summed E-state index contributed by atoms with van der Waals surface area (Å²) in [5.74, 6) is 1.78. The Morgan fingerprint density at radius 2 is 1.88 bits per heavy atom. The second-order valence-corrected chi connectivity index (χ2v) is 7.22. The Balaban J connectivity index is 2.02. The molecule has 0 atom stereocenters. The zero-order valence-electron chi connectivity index (χ0n) is 15.8. The number of rotatable bonds is 6. The van der Waals surface area contributed by atoms with Crippen molar-refractivity contribution < 1.29 is 0 Å². The summed E-state index contributed by atoms with van der Waals surface area (Å²) in [4.78, 5) is 7.35. The maximum absolute atomic E-state index is 4.77. The standard InChI is InChI=1S/C20H34N4/c1-5-21-20(23-16(2)3)22-14-18-8-6-7-9-19(18)15-24-12-10-17(4)11-13-24/h6-9,16-17H,5,10-15H2,1-4H3,(H2,21,22,23). The van der Waals surface area contributed by atoms with Gasteiger partial charge in [-0.1, -0.05) is 31.2 Å². The highest BCUT2D eigenvalue weighted by molar-refractivity contribution is 5.80. The molecule has 134 valence electrons. The number of nitrogens with zero attached hydrogens (tertiary/aromatic N) is 2. The van der Waals surface area contributed by atoms with Crippen LogP contribution in [0.25, 0.3) is 0 Å². The Hall–Kier alpha value is -1.55. The molecule has 0 aromatic heterocycles. The van der Waals surface area contributed by atoms with Crippen molar-refractivity contribution in [1.82, 2.24) is 15.5 Å². The van der Waals surface area contributed by atoms with Crippen LogP contribution in [-0.4, -0.2) is 36.5 Å². The molecule has 2 N–H and O–H groups in total. The summed E-state index contributed by atoms with van der Waals surface area (Å²) in [6.07, 6.45) is 2.65. The van der Waals surface area contributed by atoms with Crippen LogP contribution in [0.5, 0.6) is 0 Å². The lowest BCUT2D eigenvalue weighted by Crippen LogP contribution is -2.41. The van der Waals surface area contributed by atoms with E-state index in [9.17, 15) is 0 Å². The van der Waals surface area contributed by atoms with Gasteiger partial charge in [-0.2, -0.15) is 0 Å². The molecule has 1 aromatic carbocycles. The Morgan fingerprint density at radius 3 is 2.50 bits per heavy atom. The van der Waals surface area contributed by atoms with E-state index in [0.717, 1.165) is 31.5 Å². The average molecular weight is 331 g/mol. The van der Waals surface area contributed by atoms with Crippen LogP contribution < -0.4 is 10.6 Å². The summed E-state index contributed by atoms with van der Waals surface area (Å²) in [5.41, 5.74) is 2.74. The molecule has 1 saturated heterocycles. The Kier molecular flexibility index (Phi) is 7.57. The molecule has 1 heterocycles. The number of hydrogen-bond donors (Lipinski definition) is 2. The minimum Gasteiger partial charge on any atom is -0.357 e. The molecular weight excluding hydrogens is 296 g/mol. The van der Waals surface area contributed by atoms with Crippen LogP contribution in [0.3, 0.4) is 0 Å². The number of guanidine groups is 1. The monoisotopic (exact) mass is 330 g/mol. The minimum absolute atomic E-state index is 0.383.